The van der Waals surface area contributed by atoms with Gasteiger partial charge in [-0.1, -0.05) is 30.7 Å². The molecule has 0 saturated carbocycles. The first kappa shape index (κ1) is 21.4. The lowest BCUT2D eigenvalue weighted by molar-refractivity contribution is 0.282. The first-order valence-electron chi connectivity index (χ1n) is 9.34. The van der Waals surface area contributed by atoms with Crippen molar-refractivity contribution in [2.75, 3.05) is 0 Å². The topological polar surface area (TPSA) is 99.5 Å². The average Bonchev–Trinajstić information content (AvgIpc) is 3.07. The van der Waals surface area contributed by atoms with Crippen LogP contribution in [-0.4, -0.2) is 36.4 Å². The third-order valence-corrected chi connectivity index (χ3v) is 4.70. The van der Waals surface area contributed by atoms with E-state index >= 15 is 0 Å². The molecule has 0 amide bonds. The van der Waals surface area contributed by atoms with Crippen molar-refractivity contribution in [2.24, 2.45) is 17.3 Å². The van der Waals surface area contributed by atoms with Gasteiger partial charge in [-0.2, -0.15) is 14.5 Å². The second-order valence-electron chi connectivity index (χ2n) is 6.56. The van der Waals surface area contributed by atoms with Crippen LogP contribution in [0.5, 0.6) is 0 Å². The average molecular weight is 428 g/mol. The van der Waals surface area contributed by atoms with E-state index in [1.807, 2.05) is 39.0 Å². The Morgan fingerprint density at radius 1 is 1.20 bits per heavy atom. The number of benzene rings is 1. The van der Waals surface area contributed by atoms with Gasteiger partial charge in [0, 0.05) is 30.8 Å². The highest BCUT2D eigenvalue weighted by Crippen LogP contribution is 2.18. The Kier molecular flexibility index (Phi) is 6.73. The van der Waals surface area contributed by atoms with Gasteiger partial charge in [-0.15, -0.1) is 5.10 Å². The number of rotatable bonds is 6. The number of nitrogens with zero attached hydrogens (tertiary/aromatic N) is 7. The second-order valence-corrected chi connectivity index (χ2v) is 6.95. The summed E-state index contributed by atoms with van der Waals surface area (Å²) in [7, 11) is 1.55. The molecule has 0 radical (unpaired) electrons. The molecule has 10 heteroatoms. The molecule has 2 aromatic heterocycles. The molecular formula is C20H22ClN7O2. The number of aromatic nitrogens is 5. The Morgan fingerprint density at radius 2 is 2.00 bits per heavy atom. The summed E-state index contributed by atoms with van der Waals surface area (Å²) in [6, 6.07) is 9.14. The van der Waals surface area contributed by atoms with Crippen molar-refractivity contribution >= 4 is 23.2 Å². The molecular weight excluding hydrogens is 406 g/mol. The van der Waals surface area contributed by atoms with Gasteiger partial charge in [0.05, 0.1) is 11.4 Å². The third-order valence-electron chi connectivity index (χ3n) is 4.48. The normalized spacial score (nSPS) is 12.3. The summed E-state index contributed by atoms with van der Waals surface area (Å²) in [6.07, 6.45) is 2.20. The SMILES string of the molecule is CC/C(=N\N=C(\C)c1ccc(Cl)nc1)OCc1c(C)cccc1-n1nnn(C)c1=O. The standard InChI is InChI=1S/C20H22ClN7O2/c1-5-19(24-23-14(3)15-9-10-18(21)22-11-15)30-12-16-13(2)7-6-8-17(16)28-20(29)27(4)25-26-28/h6-11H,5,12H2,1-4H3/b23-14-,24-19+. The predicted molar refractivity (Wildman–Crippen MR) is 115 cm³/mol. The van der Waals surface area contributed by atoms with Crippen molar-refractivity contribution in [2.45, 2.75) is 33.8 Å². The third kappa shape index (κ3) is 4.80. The van der Waals surface area contributed by atoms with Gasteiger partial charge in [0.15, 0.2) is 0 Å². The highest BCUT2D eigenvalue weighted by molar-refractivity contribution is 6.29. The number of halogens is 1. The van der Waals surface area contributed by atoms with Crippen molar-refractivity contribution in [3.63, 3.8) is 0 Å². The van der Waals surface area contributed by atoms with Gasteiger partial charge in [-0.25, -0.2) is 9.78 Å². The lowest BCUT2D eigenvalue weighted by Crippen LogP contribution is -2.23. The number of tetrazole rings is 1. The molecule has 2 heterocycles. The minimum absolute atomic E-state index is 0.217. The van der Waals surface area contributed by atoms with Gasteiger partial charge >= 0.3 is 5.69 Å². The van der Waals surface area contributed by atoms with Gasteiger partial charge in [0.25, 0.3) is 0 Å². The second kappa shape index (κ2) is 9.45. The van der Waals surface area contributed by atoms with Crippen LogP contribution in [-0.2, 0) is 18.4 Å². The van der Waals surface area contributed by atoms with Gasteiger partial charge in [0.1, 0.15) is 11.8 Å². The Labute approximate surface area is 178 Å². The number of pyridine rings is 1. The fraction of sp³-hybridized carbons (Fsp3) is 0.300. The Morgan fingerprint density at radius 3 is 2.63 bits per heavy atom. The molecule has 3 rings (SSSR count). The molecule has 3 aromatic rings. The largest absolute Gasteiger partial charge is 0.475 e. The molecule has 0 bridgehead atoms. The molecule has 0 atom stereocenters. The van der Waals surface area contributed by atoms with Crippen LogP contribution in [0.3, 0.4) is 0 Å². The van der Waals surface area contributed by atoms with Crippen LogP contribution in [0.1, 0.15) is 37.0 Å². The monoisotopic (exact) mass is 427 g/mol. The summed E-state index contributed by atoms with van der Waals surface area (Å²) < 4.78 is 8.34. The minimum Gasteiger partial charge on any atom is -0.475 e. The Bertz CT molecular complexity index is 1150. The number of hydrogen-bond donors (Lipinski definition) is 0. The minimum atomic E-state index is -0.331. The van der Waals surface area contributed by atoms with Crippen LogP contribution in [0.15, 0.2) is 51.5 Å². The van der Waals surface area contributed by atoms with E-state index in [4.69, 9.17) is 16.3 Å². The van der Waals surface area contributed by atoms with E-state index in [1.165, 1.54) is 9.36 Å². The van der Waals surface area contributed by atoms with Crippen molar-refractivity contribution in [1.29, 1.82) is 0 Å². The summed E-state index contributed by atoms with van der Waals surface area (Å²) in [4.78, 5) is 16.3. The number of ether oxygens (including phenoxy) is 1. The molecule has 30 heavy (non-hydrogen) atoms. The zero-order chi connectivity index (χ0) is 21.7. The molecule has 1 aromatic carbocycles. The first-order chi connectivity index (χ1) is 14.4. The lowest BCUT2D eigenvalue weighted by Gasteiger charge is -2.13. The predicted octanol–water partition coefficient (Wildman–Crippen LogP) is 3.07. The van der Waals surface area contributed by atoms with Gasteiger partial charge in [-0.3, -0.25) is 0 Å². The van der Waals surface area contributed by atoms with E-state index in [0.717, 1.165) is 16.7 Å². The maximum absolute atomic E-state index is 12.3. The molecule has 0 aliphatic heterocycles. The van der Waals surface area contributed by atoms with Crippen LogP contribution < -0.4 is 5.69 Å². The fourth-order valence-corrected chi connectivity index (χ4v) is 2.79. The maximum Gasteiger partial charge on any atom is 0.368 e. The molecule has 0 N–H and O–H groups in total. The molecule has 9 nitrogen and oxygen atoms in total. The fourth-order valence-electron chi connectivity index (χ4n) is 2.67. The van der Waals surface area contributed by atoms with Gasteiger partial charge < -0.3 is 4.74 Å². The zero-order valence-corrected chi connectivity index (χ0v) is 18.0. The smallest absolute Gasteiger partial charge is 0.368 e. The summed E-state index contributed by atoms with van der Waals surface area (Å²) >= 11 is 5.82. The molecule has 0 unspecified atom stereocenters. The Balaban J connectivity index is 1.82. The van der Waals surface area contributed by atoms with Crippen molar-refractivity contribution in [3.05, 3.63) is 68.9 Å². The molecule has 0 fully saturated rings. The molecule has 0 aliphatic rings. The van der Waals surface area contributed by atoms with Crippen molar-refractivity contribution < 1.29 is 4.74 Å². The molecule has 156 valence electrons. The number of aryl methyl sites for hydroxylation is 2. The van der Waals surface area contributed by atoms with Crippen LogP contribution in [0.4, 0.5) is 0 Å². The summed E-state index contributed by atoms with van der Waals surface area (Å²) in [5.41, 5.74) is 3.59. The van der Waals surface area contributed by atoms with E-state index in [1.54, 1.807) is 25.4 Å². The molecule has 0 aliphatic carbocycles. The van der Waals surface area contributed by atoms with E-state index in [2.05, 4.69) is 25.6 Å². The Hall–Kier alpha value is -3.33. The lowest BCUT2D eigenvalue weighted by atomic mass is 10.1. The summed E-state index contributed by atoms with van der Waals surface area (Å²) in [5.74, 6) is 0.469. The molecule has 0 saturated heterocycles. The van der Waals surface area contributed by atoms with E-state index in [0.29, 0.717) is 28.9 Å². The summed E-state index contributed by atoms with van der Waals surface area (Å²) in [6.45, 7) is 5.93. The highest BCUT2D eigenvalue weighted by atomic mass is 35.5. The zero-order valence-electron chi connectivity index (χ0n) is 17.2. The van der Waals surface area contributed by atoms with E-state index < -0.39 is 0 Å². The van der Waals surface area contributed by atoms with Crippen LogP contribution in [0, 0.1) is 6.92 Å². The van der Waals surface area contributed by atoms with Gasteiger partial charge in [0.2, 0.25) is 5.90 Å². The van der Waals surface area contributed by atoms with Crippen LogP contribution >= 0.6 is 11.6 Å². The number of hydrogen-bond acceptors (Lipinski definition) is 7. The van der Waals surface area contributed by atoms with E-state index in [-0.39, 0.29) is 12.3 Å². The van der Waals surface area contributed by atoms with Crippen molar-refractivity contribution in [3.8, 4) is 5.69 Å². The highest BCUT2D eigenvalue weighted by Gasteiger charge is 2.14. The molecule has 0 spiro atoms. The first-order valence-corrected chi connectivity index (χ1v) is 9.72. The van der Waals surface area contributed by atoms with Crippen LogP contribution in [0.25, 0.3) is 5.69 Å². The van der Waals surface area contributed by atoms with Crippen LogP contribution in [0.2, 0.25) is 5.15 Å². The maximum atomic E-state index is 12.3. The van der Waals surface area contributed by atoms with Crippen molar-refractivity contribution in [1.82, 2.24) is 24.8 Å². The quantitative estimate of drug-likeness (QED) is 0.260. The van der Waals surface area contributed by atoms with E-state index in [9.17, 15) is 4.79 Å². The summed E-state index contributed by atoms with van der Waals surface area (Å²) in [5, 5.41) is 16.6. The van der Waals surface area contributed by atoms with Gasteiger partial charge in [-0.05, 0) is 48.0 Å².